The number of nitroso groups, excluding NO2 is 1. The first kappa shape index (κ1) is 9.33. The maximum Gasteiger partial charge on any atom is 0.192 e. The summed E-state index contributed by atoms with van der Waals surface area (Å²) >= 11 is 3.35. The minimum absolute atomic E-state index is 0.121. The number of hydrogen-bond donors (Lipinski definition) is 0. The van der Waals surface area contributed by atoms with E-state index in [1.54, 1.807) is 6.92 Å². The van der Waals surface area contributed by atoms with Gasteiger partial charge in [0.2, 0.25) is 0 Å². The van der Waals surface area contributed by atoms with E-state index in [1.165, 1.54) is 0 Å². The molecular weight excluding hydrogens is 248 g/mol. The molecule has 0 fully saturated rings. The Balaban J connectivity index is 2.73. The van der Waals surface area contributed by atoms with E-state index in [4.69, 9.17) is 4.42 Å². The summed E-state index contributed by atoms with van der Waals surface area (Å²) in [6.07, 6.45) is 0. The van der Waals surface area contributed by atoms with Crippen LogP contribution in [0, 0.1) is 11.8 Å². The van der Waals surface area contributed by atoms with Crippen LogP contribution in [0.1, 0.15) is 11.5 Å². The molecule has 0 atom stereocenters. The first-order valence-electron chi connectivity index (χ1n) is 4.06. The average molecular weight is 255 g/mol. The lowest BCUT2D eigenvalue weighted by molar-refractivity contribution is 0.559. The minimum Gasteiger partial charge on any atom is -0.440 e. The van der Waals surface area contributed by atoms with Crippen LogP contribution in [0.15, 0.2) is 26.2 Å². The van der Waals surface area contributed by atoms with E-state index in [1.807, 2.05) is 12.1 Å². The number of aromatic nitrogens is 1. The molecule has 14 heavy (non-hydrogen) atoms. The van der Waals surface area contributed by atoms with E-state index >= 15 is 0 Å². The molecule has 4 nitrogen and oxygen atoms in total. The topological polar surface area (TPSA) is 55.5 Å². The lowest BCUT2D eigenvalue weighted by Gasteiger charge is -1.96. The monoisotopic (exact) mass is 254 g/mol. The predicted molar refractivity (Wildman–Crippen MR) is 55.9 cm³/mol. The molecule has 1 aromatic carbocycles. The van der Waals surface area contributed by atoms with Gasteiger partial charge in [-0.3, -0.25) is 0 Å². The molecule has 0 N–H and O–H groups in total. The zero-order valence-electron chi connectivity index (χ0n) is 7.45. The fourth-order valence-electron chi connectivity index (χ4n) is 1.33. The van der Waals surface area contributed by atoms with E-state index in [2.05, 4.69) is 26.1 Å². The van der Waals surface area contributed by atoms with E-state index in [0.29, 0.717) is 17.0 Å². The van der Waals surface area contributed by atoms with Gasteiger partial charge in [0.1, 0.15) is 12.1 Å². The van der Waals surface area contributed by atoms with Gasteiger partial charge in [-0.05, 0) is 22.0 Å². The van der Waals surface area contributed by atoms with Crippen LogP contribution in [0.5, 0.6) is 0 Å². The van der Waals surface area contributed by atoms with Crippen molar-refractivity contribution in [2.75, 3.05) is 0 Å². The van der Waals surface area contributed by atoms with Crippen LogP contribution >= 0.6 is 15.9 Å². The number of oxazole rings is 1. The maximum atomic E-state index is 10.2. The van der Waals surface area contributed by atoms with E-state index in [9.17, 15) is 4.91 Å². The van der Waals surface area contributed by atoms with Crippen molar-refractivity contribution in [3.8, 4) is 0 Å². The summed E-state index contributed by atoms with van der Waals surface area (Å²) in [6, 6.07) is 3.64. The fourth-order valence-corrected chi connectivity index (χ4v) is 1.73. The van der Waals surface area contributed by atoms with Crippen molar-refractivity contribution in [2.24, 2.45) is 5.18 Å². The number of benzene rings is 1. The molecule has 0 saturated heterocycles. The normalized spacial score (nSPS) is 10.7. The van der Waals surface area contributed by atoms with Gasteiger partial charge in [0.15, 0.2) is 11.5 Å². The van der Waals surface area contributed by atoms with Gasteiger partial charge >= 0.3 is 0 Å². The maximum absolute atomic E-state index is 10.2. The third-order valence-electron chi connectivity index (χ3n) is 1.92. The Labute approximate surface area is 88.4 Å². The summed E-state index contributed by atoms with van der Waals surface area (Å²) in [7, 11) is 0. The van der Waals surface area contributed by atoms with E-state index < -0.39 is 0 Å². The largest absolute Gasteiger partial charge is 0.440 e. The molecule has 2 aromatic rings. The van der Waals surface area contributed by atoms with Crippen molar-refractivity contribution in [1.82, 2.24) is 4.98 Å². The molecule has 0 bridgehead atoms. The van der Waals surface area contributed by atoms with E-state index in [-0.39, 0.29) is 6.54 Å². The molecule has 0 aliphatic carbocycles. The van der Waals surface area contributed by atoms with Gasteiger partial charge in [0.05, 0.1) is 4.47 Å². The first-order valence-corrected chi connectivity index (χ1v) is 4.85. The molecule has 5 heteroatoms. The molecule has 0 spiro atoms. The second-order valence-corrected chi connectivity index (χ2v) is 3.76. The Morgan fingerprint density at radius 2 is 2.36 bits per heavy atom. The minimum atomic E-state index is 0.121. The molecule has 0 radical (unpaired) electrons. The van der Waals surface area contributed by atoms with Crippen molar-refractivity contribution in [1.29, 1.82) is 0 Å². The molecule has 2 rings (SSSR count). The van der Waals surface area contributed by atoms with Crippen LogP contribution in [0.2, 0.25) is 0 Å². The van der Waals surface area contributed by atoms with Crippen molar-refractivity contribution < 1.29 is 4.42 Å². The van der Waals surface area contributed by atoms with Crippen LogP contribution in [0.25, 0.3) is 11.1 Å². The Kier molecular flexibility index (Phi) is 2.33. The molecule has 0 aliphatic heterocycles. The molecule has 0 amide bonds. The molecule has 0 saturated carbocycles. The SMILES string of the molecule is Cc1nc2c(CN=O)ccc(Br)c2o1. The second kappa shape index (κ2) is 3.49. The van der Waals surface area contributed by atoms with Gasteiger partial charge in [0.25, 0.3) is 0 Å². The van der Waals surface area contributed by atoms with Crippen molar-refractivity contribution in [2.45, 2.75) is 13.5 Å². The third-order valence-corrected chi connectivity index (χ3v) is 2.55. The zero-order valence-corrected chi connectivity index (χ0v) is 9.04. The highest BCUT2D eigenvalue weighted by Gasteiger charge is 2.10. The van der Waals surface area contributed by atoms with Crippen LogP contribution in [0.3, 0.4) is 0 Å². The number of nitrogens with zero attached hydrogens (tertiary/aromatic N) is 2. The van der Waals surface area contributed by atoms with Gasteiger partial charge in [-0.1, -0.05) is 11.2 Å². The third kappa shape index (κ3) is 1.43. The molecule has 0 unspecified atom stereocenters. The zero-order chi connectivity index (χ0) is 10.1. The first-order chi connectivity index (χ1) is 6.72. The van der Waals surface area contributed by atoms with Gasteiger partial charge < -0.3 is 4.42 Å². The number of rotatable bonds is 2. The number of fused-ring (bicyclic) bond motifs is 1. The van der Waals surface area contributed by atoms with Gasteiger partial charge in [-0.2, -0.15) is 4.91 Å². The summed E-state index contributed by atoms with van der Waals surface area (Å²) < 4.78 is 6.22. The van der Waals surface area contributed by atoms with Crippen LogP contribution < -0.4 is 0 Å². The van der Waals surface area contributed by atoms with Crippen LogP contribution in [-0.2, 0) is 6.54 Å². The summed E-state index contributed by atoms with van der Waals surface area (Å²) in [5.41, 5.74) is 2.16. The molecular formula is C9H7BrN2O2. The number of aryl methyl sites for hydroxylation is 1. The second-order valence-electron chi connectivity index (χ2n) is 2.90. The number of hydrogen-bond acceptors (Lipinski definition) is 4. The molecule has 1 aromatic heterocycles. The summed E-state index contributed by atoms with van der Waals surface area (Å²) in [5, 5.41) is 2.85. The average Bonchev–Trinajstić information content (AvgIpc) is 2.53. The summed E-state index contributed by atoms with van der Waals surface area (Å²) in [6.45, 7) is 1.89. The van der Waals surface area contributed by atoms with Crippen molar-refractivity contribution in [3.63, 3.8) is 0 Å². The highest BCUT2D eigenvalue weighted by Crippen LogP contribution is 2.27. The smallest absolute Gasteiger partial charge is 0.192 e. The predicted octanol–water partition coefficient (Wildman–Crippen LogP) is 3.17. The summed E-state index contributed by atoms with van der Waals surface area (Å²) in [5.74, 6) is 0.582. The van der Waals surface area contributed by atoms with Gasteiger partial charge in [0, 0.05) is 12.5 Å². The molecule has 0 aliphatic rings. The van der Waals surface area contributed by atoms with Crippen LogP contribution in [0.4, 0.5) is 0 Å². The quantitative estimate of drug-likeness (QED) is 0.774. The standard InChI is InChI=1S/C9H7BrN2O2/c1-5-12-8-6(4-11-13)2-3-7(10)9(8)14-5/h2-3H,4H2,1H3. The van der Waals surface area contributed by atoms with Crippen molar-refractivity contribution >= 4 is 27.0 Å². The highest BCUT2D eigenvalue weighted by molar-refractivity contribution is 9.10. The van der Waals surface area contributed by atoms with Gasteiger partial charge in [-0.15, -0.1) is 0 Å². The van der Waals surface area contributed by atoms with Crippen molar-refractivity contribution in [3.05, 3.63) is 33.0 Å². The fraction of sp³-hybridized carbons (Fsp3) is 0.222. The lowest BCUT2D eigenvalue weighted by Crippen LogP contribution is -1.83. The van der Waals surface area contributed by atoms with Gasteiger partial charge in [-0.25, -0.2) is 4.98 Å². The lowest BCUT2D eigenvalue weighted by atomic mass is 10.2. The number of halogens is 1. The highest BCUT2D eigenvalue weighted by atomic mass is 79.9. The van der Waals surface area contributed by atoms with E-state index in [0.717, 1.165) is 10.0 Å². The summed E-state index contributed by atoms with van der Waals surface area (Å²) in [4.78, 5) is 14.4. The Hall–Kier alpha value is -1.23. The van der Waals surface area contributed by atoms with Crippen LogP contribution in [-0.4, -0.2) is 4.98 Å². The Morgan fingerprint density at radius 1 is 1.57 bits per heavy atom. The molecule has 72 valence electrons. The Morgan fingerprint density at radius 3 is 3.07 bits per heavy atom. The Bertz CT molecular complexity index is 493. The molecule has 1 heterocycles.